The molecule has 0 fully saturated rings. The number of hydrogen-bond acceptors (Lipinski definition) is 6. The molecular formula is C19H22N2O6S. The summed E-state index contributed by atoms with van der Waals surface area (Å²) in [7, 11) is -2.21. The van der Waals surface area contributed by atoms with E-state index in [0.29, 0.717) is 12.8 Å². The van der Waals surface area contributed by atoms with E-state index < -0.39 is 25.9 Å². The Kier molecular flexibility index (Phi) is 6.74. The molecule has 0 atom stereocenters. The number of sulfone groups is 1. The number of nitro groups is 1. The van der Waals surface area contributed by atoms with Crippen molar-refractivity contribution in [2.75, 3.05) is 12.4 Å². The number of para-hydroxylation sites is 1. The first-order valence-electron chi connectivity index (χ1n) is 8.72. The molecule has 0 aliphatic heterocycles. The van der Waals surface area contributed by atoms with Crippen LogP contribution in [0, 0.1) is 10.1 Å². The summed E-state index contributed by atoms with van der Waals surface area (Å²) in [6.45, 7) is 3.60. The Balaban J connectivity index is 2.46. The molecule has 28 heavy (non-hydrogen) atoms. The van der Waals surface area contributed by atoms with E-state index in [9.17, 15) is 23.3 Å². The lowest BCUT2D eigenvalue weighted by atomic mass is 10.1. The van der Waals surface area contributed by atoms with Gasteiger partial charge in [-0.1, -0.05) is 26.0 Å². The molecule has 0 saturated carbocycles. The molecule has 150 valence electrons. The molecule has 2 rings (SSSR count). The van der Waals surface area contributed by atoms with Crippen LogP contribution in [0.5, 0.6) is 5.75 Å². The third kappa shape index (κ3) is 4.30. The zero-order valence-electron chi connectivity index (χ0n) is 15.8. The highest BCUT2D eigenvalue weighted by atomic mass is 32.2. The van der Waals surface area contributed by atoms with Gasteiger partial charge in [0.05, 0.1) is 27.9 Å². The van der Waals surface area contributed by atoms with Gasteiger partial charge in [-0.15, -0.1) is 0 Å². The molecule has 0 heterocycles. The highest BCUT2D eigenvalue weighted by Gasteiger charge is 2.26. The topological polar surface area (TPSA) is 116 Å². The average molecular weight is 406 g/mol. The number of hydrogen-bond donors (Lipinski definition) is 1. The molecule has 0 unspecified atom stereocenters. The van der Waals surface area contributed by atoms with E-state index in [2.05, 4.69) is 5.32 Å². The van der Waals surface area contributed by atoms with Crippen molar-refractivity contribution < 1.29 is 22.9 Å². The second-order valence-corrected chi connectivity index (χ2v) is 8.30. The Morgan fingerprint density at radius 2 is 1.82 bits per heavy atom. The summed E-state index contributed by atoms with van der Waals surface area (Å²) < 4.78 is 30.8. The van der Waals surface area contributed by atoms with E-state index in [1.54, 1.807) is 13.8 Å². The van der Waals surface area contributed by atoms with Crippen LogP contribution >= 0.6 is 0 Å². The van der Waals surface area contributed by atoms with Crippen molar-refractivity contribution in [1.29, 1.82) is 0 Å². The first kappa shape index (κ1) is 21.4. The van der Waals surface area contributed by atoms with Crippen molar-refractivity contribution in [3.05, 3.63) is 58.1 Å². The number of anilines is 1. The number of carbonyl (C=O) groups is 1. The number of amides is 1. The molecule has 1 amide bonds. The number of nitrogens with one attached hydrogen (secondary N) is 1. The quantitative estimate of drug-likeness (QED) is 0.526. The van der Waals surface area contributed by atoms with Gasteiger partial charge in [0.25, 0.3) is 11.6 Å². The lowest BCUT2D eigenvalue weighted by Crippen LogP contribution is -2.20. The Bertz CT molecular complexity index is 984. The van der Waals surface area contributed by atoms with Gasteiger partial charge in [0.1, 0.15) is 11.3 Å². The lowest BCUT2D eigenvalue weighted by Gasteiger charge is -2.16. The van der Waals surface area contributed by atoms with Gasteiger partial charge >= 0.3 is 0 Å². The van der Waals surface area contributed by atoms with Crippen LogP contribution in [0.4, 0.5) is 11.4 Å². The minimum Gasteiger partial charge on any atom is -0.495 e. The van der Waals surface area contributed by atoms with E-state index in [0.717, 1.165) is 0 Å². The molecule has 0 bridgehead atoms. The number of nitrogens with zero attached hydrogens (tertiary/aromatic N) is 1. The van der Waals surface area contributed by atoms with Crippen LogP contribution in [-0.2, 0) is 9.84 Å². The summed E-state index contributed by atoms with van der Waals surface area (Å²) in [6.07, 6.45) is 0.922. The maximum atomic E-state index is 12.8. The first-order valence-corrected chi connectivity index (χ1v) is 10.3. The zero-order valence-corrected chi connectivity index (χ0v) is 16.7. The fourth-order valence-electron chi connectivity index (χ4n) is 2.90. The van der Waals surface area contributed by atoms with E-state index in [1.807, 2.05) is 0 Å². The Labute approximate surface area is 163 Å². The predicted molar refractivity (Wildman–Crippen MR) is 106 cm³/mol. The van der Waals surface area contributed by atoms with Crippen molar-refractivity contribution in [2.45, 2.75) is 36.8 Å². The van der Waals surface area contributed by atoms with Gasteiger partial charge in [-0.3, -0.25) is 14.9 Å². The Morgan fingerprint density at radius 3 is 2.39 bits per heavy atom. The molecule has 0 aliphatic carbocycles. The molecule has 0 radical (unpaired) electrons. The van der Waals surface area contributed by atoms with Gasteiger partial charge in [0.2, 0.25) is 0 Å². The van der Waals surface area contributed by atoms with E-state index in [1.165, 1.54) is 49.6 Å². The maximum Gasteiger partial charge on any atom is 0.282 e. The van der Waals surface area contributed by atoms with Crippen molar-refractivity contribution in [1.82, 2.24) is 0 Å². The zero-order chi connectivity index (χ0) is 20.9. The summed E-state index contributed by atoms with van der Waals surface area (Å²) >= 11 is 0. The van der Waals surface area contributed by atoms with Crippen LogP contribution in [0.1, 0.15) is 37.0 Å². The summed E-state index contributed by atoms with van der Waals surface area (Å²) in [5.74, 6) is -0.488. The molecular weight excluding hydrogens is 384 g/mol. The van der Waals surface area contributed by atoms with Crippen LogP contribution < -0.4 is 10.1 Å². The molecule has 0 aromatic heterocycles. The van der Waals surface area contributed by atoms with Crippen LogP contribution in [0.15, 0.2) is 47.4 Å². The van der Waals surface area contributed by atoms with E-state index in [-0.39, 0.29) is 27.6 Å². The second-order valence-electron chi connectivity index (χ2n) is 6.07. The van der Waals surface area contributed by atoms with Crippen molar-refractivity contribution in [3.63, 3.8) is 0 Å². The molecule has 2 aromatic rings. The number of benzene rings is 2. The minimum absolute atomic E-state index is 0.0554. The SMILES string of the molecule is CCC(CC)S(=O)(=O)c1ccc(OC)c(NC(=O)c2ccccc2[N+](=O)[O-])c1. The van der Waals surface area contributed by atoms with Gasteiger partial charge in [-0.05, 0) is 37.1 Å². The number of nitro benzene ring substituents is 1. The predicted octanol–water partition coefficient (Wildman–Crippen LogP) is 3.82. The average Bonchev–Trinajstić information content (AvgIpc) is 2.68. The van der Waals surface area contributed by atoms with Gasteiger partial charge in [-0.2, -0.15) is 0 Å². The first-order chi connectivity index (χ1) is 13.3. The third-order valence-corrected chi connectivity index (χ3v) is 6.90. The summed E-state index contributed by atoms with van der Waals surface area (Å²) in [6, 6.07) is 9.70. The highest BCUT2D eigenvalue weighted by Crippen LogP contribution is 2.31. The fraction of sp³-hybridized carbons (Fsp3) is 0.316. The van der Waals surface area contributed by atoms with Gasteiger partial charge < -0.3 is 10.1 Å². The third-order valence-electron chi connectivity index (χ3n) is 4.44. The van der Waals surface area contributed by atoms with Crippen LogP contribution in [0.3, 0.4) is 0 Å². The summed E-state index contributed by atoms with van der Waals surface area (Å²) in [5, 5.41) is 13.1. The van der Waals surface area contributed by atoms with Crippen LogP contribution in [0.2, 0.25) is 0 Å². The fourth-order valence-corrected chi connectivity index (χ4v) is 4.70. The lowest BCUT2D eigenvalue weighted by molar-refractivity contribution is -0.385. The molecule has 8 nitrogen and oxygen atoms in total. The normalized spacial score (nSPS) is 11.3. The van der Waals surface area contributed by atoms with Crippen LogP contribution in [0.25, 0.3) is 0 Å². The molecule has 0 saturated heterocycles. The highest BCUT2D eigenvalue weighted by molar-refractivity contribution is 7.92. The van der Waals surface area contributed by atoms with Crippen molar-refractivity contribution >= 4 is 27.1 Å². The molecule has 0 aliphatic rings. The van der Waals surface area contributed by atoms with Gasteiger partial charge in [0, 0.05) is 6.07 Å². The molecule has 9 heteroatoms. The van der Waals surface area contributed by atoms with E-state index in [4.69, 9.17) is 4.74 Å². The number of methoxy groups -OCH3 is 1. The monoisotopic (exact) mass is 406 g/mol. The Morgan fingerprint density at radius 1 is 1.18 bits per heavy atom. The largest absolute Gasteiger partial charge is 0.495 e. The summed E-state index contributed by atoms with van der Waals surface area (Å²) in [5.41, 5.74) is -0.361. The van der Waals surface area contributed by atoms with Crippen molar-refractivity contribution in [3.8, 4) is 5.75 Å². The number of carbonyl (C=O) groups excluding carboxylic acids is 1. The van der Waals surface area contributed by atoms with E-state index >= 15 is 0 Å². The molecule has 0 spiro atoms. The Hall–Kier alpha value is -2.94. The number of rotatable bonds is 8. The van der Waals surface area contributed by atoms with Gasteiger partial charge in [-0.25, -0.2) is 8.42 Å². The number of ether oxygens (including phenoxy) is 1. The van der Waals surface area contributed by atoms with Gasteiger partial charge in [0.15, 0.2) is 9.84 Å². The van der Waals surface area contributed by atoms with Crippen LogP contribution in [-0.4, -0.2) is 31.6 Å². The minimum atomic E-state index is -3.59. The van der Waals surface area contributed by atoms with Crippen molar-refractivity contribution in [2.24, 2.45) is 0 Å². The maximum absolute atomic E-state index is 12.8. The molecule has 2 aromatic carbocycles. The smallest absolute Gasteiger partial charge is 0.282 e. The summed E-state index contributed by atoms with van der Waals surface area (Å²) in [4.78, 5) is 23.1. The second kappa shape index (κ2) is 8.83. The molecule has 1 N–H and O–H groups in total. The standard InChI is InChI=1S/C19H22N2O6S/c1-4-13(5-2)28(25,26)14-10-11-18(27-3)16(12-14)20-19(22)15-8-6-7-9-17(15)21(23)24/h6-13H,4-5H2,1-3H3,(H,20,22).